The third-order valence-electron chi connectivity index (χ3n) is 3.12. The summed E-state index contributed by atoms with van der Waals surface area (Å²) in [6.45, 7) is 0.126. The molecule has 0 fully saturated rings. The van der Waals surface area contributed by atoms with Crippen LogP contribution < -0.4 is 5.32 Å². The summed E-state index contributed by atoms with van der Waals surface area (Å²) in [5.74, 6) is -0.566. The Bertz CT molecular complexity index is 658. The van der Waals surface area contributed by atoms with Crippen molar-refractivity contribution in [1.29, 1.82) is 0 Å². The van der Waals surface area contributed by atoms with E-state index in [4.69, 9.17) is 9.47 Å². The molecule has 0 aliphatic rings. The van der Waals surface area contributed by atoms with Crippen molar-refractivity contribution in [3.05, 3.63) is 70.2 Å². The predicted molar refractivity (Wildman–Crippen MR) is 88.7 cm³/mol. The molecular formula is C17H16BrNO4. The minimum atomic E-state index is -0.920. The van der Waals surface area contributed by atoms with Crippen molar-refractivity contribution < 1.29 is 19.1 Å². The molecule has 0 bridgehead atoms. The lowest BCUT2D eigenvalue weighted by Crippen LogP contribution is -2.34. The highest BCUT2D eigenvalue weighted by Crippen LogP contribution is 2.18. The maximum Gasteiger partial charge on any atom is 0.408 e. The van der Waals surface area contributed by atoms with Crippen LogP contribution in [0.25, 0.3) is 0 Å². The fourth-order valence-corrected chi connectivity index (χ4v) is 2.20. The van der Waals surface area contributed by atoms with Crippen LogP contribution in [0.5, 0.6) is 0 Å². The molecule has 1 amide bonds. The summed E-state index contributed by atoms with van der Waals surface area (Å²) >= 11 is 3.32. The molecule has 120 valence electrons. The molecule has 1 atom stereocenters. The number of amides is 1. The second kappa shape index (κ2) is 8.33. The van der Waals surface area contributed by atoms with Gasteiger partial charge in [-0.2, -0.15) is 0 Å². The number of hydrogen-bond acceptors (Lipinski definition) is 4. The predicted octanol–water partition coefficient (Wildman–Crippen LogP) is 3.59. The molecule has 2 rings (SSSR count). The Kier molecular flexibility index (Phi) is 6.17. The molecule has 0 radical (unpaired) electrons. The van der Waals surface area contributed by atoms with E-state index < -0.39 is 18.1 Å². The van der Waals surface area contributed by atoms with Crippen molar-refractivity contribution in [3.63, 3.8) is 0 Å². The highest BCUT2D eigenvalue weighted by Gasteiger charge is 2.24. The lowest BCUT2D eigenvalue weighted by atomic mass is 10.1. The van der Waals surface area contributed by atoms with Crippen molar-refractivity contribution >= 4 is 28.0 Å². The first kappa shape index (κ1) is 17.0. The van der Waals surface area contributed by atoms with Crippen LogP contribution in [0.2, 0.25) is 0 Å². The van der Waals surface area contributed by atoms with Gasteiger partial charge in [0.1, 0.15) is 6.61 Å². The summed E-state index contributed by atoms with van der Waals surface area (Å²) in [5, 5.41) is 2.52. The third-order valence-corrected chi connectivity index (χ3v) is 3.64. The molecule has 23 heavy (non-hydrogen) atoms. The van der Waals surface area contributed by atoms with E-state index in [0.717, 1.165) is 10.0 Å². The van der Waals surface area contributed by atoms with Crippen LogP contribution in [0.1, 0.15) is 17.2 Å². The van der Waals surface area contributed by atoms with Crippen LogP contribution in [0.4, 0.5) is 4.79 Å². The highest BCUT2D eigenvalue weighted by molar-refractivity contribution is 9.10. The van der Waals surface area contributed by atoms with Crippen molar-refractivity contribution in [1.82, 2.24) is 5.32 Å². The van der Waals surface area contributed by atoms with Crippen LogP contribution in [0.15, 0.2) is 59.1 Å². The number of esters is 1. The van der Waals surface area contributed by atoms with Crippen LogP contribution >= 0.6 is 15.9 Å². The Balaban J connectivity index is 2.01. The molecule has 0 heterocycles. The zero-order valence-electron chi connectivity index (χ0n) is 12.5. The van der Waals surface area contributed by atoms with Crippen molar-refractivity contribution in [3.8, 4) is 0 Å². The van der Waals surface area contributed by atoms with E-state index in [2.05, 4.69) is 21.2 Å². The average molecular weight is 378 g/mol. The summed E-state index contributed by atoms with van der Waals surface area (Å²) < 4.78 is 10.7. The van der Waals surface area contributed by atoms with Crippen molar-refractivity contribution in [2.45, 2.75) is 12.6 Å². The minimum Gasteiger partial charge on any atom is -0.467 e. The topological polar surface area (TPSA) is 64.6 Å². The summed E-state index contributed by atoms with van der Waals surface area (Å²) in [7, 11) is 1.27. The Morgan fingerprint density at radius 3 is 2.35 bits per heavy atom. The molecule has 0 aromatic heterocycles. The standard InChI is InChI=1S/C17H16BrNO4/c1-22-16(20)15(13-7-9-14(18)10-8-13)19-17(21)23-11-12-5-3-2-4-6-12/h2-10,15H,11H2,1H3,(H,19,21)/t15-/m0/s1. The smallest absolute Gasteiger partial charge is 0.408 e. The first-order chi connectivity index (χ1) is 11.1. The molecule has 0 spiro atoms. The fourth-order valence-electron chi connectivity index (χ4n) is 1.93. The number of halogens is 1. The van der Waals surface area contributed by atoms with E-state index in [0.29, 0.717) is 5.56 Å². The fraction of sp³-hybridized carbons (Fsp3) is 0.176. The van der Waals surface area contributed by atoms with Gasteiger partial charge in [0.15, 0.2) is 6.04 Å². The van der Waals surface area contributed by atoms with Gasteiger partial charge in [-0.25, -0.2) is 9.59 Å². The SMILES string of the molecule is COC(=O)[C@@H](NC(=O)OCc1ccccc1)c1ccc(Br)cc1. The van der Waals surface area contributed by atoms with Gasteiger partial charge in [-0.15, -0.1) is 0 Å². The number of alkyl carbamates (subject to hydrolysis) is 1. The minimum absolute atomic E-state index is 0.126. The molecule has 5 nitrogen and oxygen atoms in total. The van der Waals surface area contributed by atoms with E-state index >= 15 is 0 Å². The van der Waals surface area contributed by atoms with Gasteiger partial charge in [-0.3, -0.25) is 0 Å². The Hall–Kier alpha value is -2.34. The number of carbonyl (C=O) groups excluding carboxylic acids is 2. The molecule has 0 saturated heterocycles. The van der Waals surface area contributed by atoms with E-state index in [1.807, 2.05) is 30.3 Å². The third kappa shape index (κ3) is 5.10. The Labute approximate surface area is 142 Å². The van der Waals surface area contributed by atoms with E-state index in [1.54, 1.807) is 24.3 Å². The number of methoxy groups -OCH3 is 1. The van der Waals surface area contributed by atoms with Gasteiger partial charge < -0.3 is 14.8 Å². The Morgan fingerprint density at radius 2 is 1.74 bits per heavy atom. The van der Waals surface area contributed by atoms with E-state index in [-0.39, 0.29) is 6.61 Å². The molecule has 0 unspecified atom stereocenters. The van der Waals surface area contributed by atoms with Crippen molar-refractivity contribution in [2.24, 2.45) is 0 Å². The molecule has 0 saturated carbocycles. The van der Waals surface area contributed by atoms with E-state index in [1.165, 1.54) is 7.11 Å². The van der Waals surface area contributed by atoms with Gasteiger partial charge in [-0.1, -0.05) is 58.4 Å². The Morgan fingerprint density at radius 1 is 1.09 bits per heavy atom. The van der Waals surface area contributed by atoms with Crippen LogP contribution in [0.3, 0.4) is 0 Å². The number of benzene rings is 2. The second-order valence-electron chi connectivity index (χ2n) is 4.71. The average Bonchev–Trinajstić information content (AvgIpc) is 2.59. The normalized spacial score (nSPS) is 11.4. The quantitative estimate of drug-likeness (QED) is 0.808. The number of nitrogens with one attached hydrogen (secondary N) is 1. The molecule has 2 aromatic rings. The van der Waals surface area contributed by atoms with Crippen LogP contribution in [0, 0.1) is 0 Å². The lowest BCUT2D eigenvalue weighted by molar-refractivity contribution is -0.143. The maximum absolute atomic E-state index is 11.9. The molecule has 2 aromatic carbocycles. The maximum atomic E-state index is 11.9. The molecule has 0 aliphatic heterocycles. The molecule has 6 heteroatoms. The number of hydrogen-bond donors (Lipinski definition) is 1. The van der Waals surface area contributed by atoms with Gasteiger partial charge in [-0.05, 0) is 23.3 Å². The zero-order valence-corrected chi connectivity index (χ0v) is 14.1. The monoisotopic (exact) mass is 377 g/mol. The second-order valence-corrected chi connectivity index (χ2v) is 5.63. The van der Waals surface area contributed by atoms with Gasteiger partial charge in [0.2, 0.25) is 0 Å². The number of rotatable bonds is 5. The van der Waals surface area contributed by atoms with Crippen molar-refractivity contribution in [2.75, 3.05) is 7.11 Å². The largest absolute Gasteiger partial charge is 0.467 e. The number of carbonyl (C=O) groups is 2. The molecular weight excluding hydrogens is 362 g/mol. The number of ether oxygens (including phenoxy) is 2. The summed E-state index contributed by atoms with van der Waals surface area (Å²) in [5.41, 5.74) is 1.47. The first-order valence-electron chi connectivity index (χ1n) is 6.90. The van der Waals surface area contributed by atoms with Crippen LogP contribution in [-0.4, -0.2) is 19.2 Å². The summed E-state index contributed by atoms with van der Waals surface area (Å²) in [4.78, 5) is 23.8. The van der Waals surface area contributed by atoms with Crippen LogP contribution in [-0.2, 0) is 20.9 Å². The highest BCUT2D eigenvalue weighted by atomic mass is 79.9. The molecule has 1 N–H and O–H groups in total. The molecule has 0 aliphatic carbocycles. The van der Waals surface area contributed by atoms with Gasteiger partial charge in [0, 0.05) is 4.47 Å². The van der Waals surface area contributed by atoms with E-state index in [9.17, 15) is 9.59 Å². The zero-order chi connectivity index (χ0) is 16.7. The summed E-state index contributed by atoms with van der Waals surface area (Å²) in [6.07, 6.45) is -0.688. The first-order valence-corrected chi connectivity index (χ1v) is 7.70. The van der Waals surface area contributed by atoms with Gasteiger partial charge in [0.25, 0.3) is 0 Å². The summed E-state index contributed by atoms with van der Waals surface area (Å²) in [6, 6.07) is 15.4. The van der Waals surface area contributed by atoms with Gasteiger partial charge in [0.05, 0.1) is 7.11 Å². The lowest BCUT2D eigenvalue weighted by Gasteiger charge is -2.17. The van der Waals surface area contributed by atoms with Gasteiger partial charge >= 0.3 is 12.1 Å².